The molecule has 0 bridgehead atoms. The molecule has 1 aromatic heterocycles. The Kier molecular flexibility index (Phi) is 4.20. The molecule has 134 valence electrons. The lowest BCUT2D eigenvalue weighted by Crippen LogP contribution is -2.38. The van der Waals surface area contributed by atoms with Crippen LogP contribution >= 0.6 is 0 Å². The number of nitrogens with zero attached hydrogens (tertiary/aromatic N) is 2. The van der Waals surface area contributed by atoms with E-state index < -0.39 is 5.91 Å². The van der Waals surface area contributed by atoms with E-state index in [0.29, 0.717) is 18.5 Å². The highest BCUT2D eigenvalue weighted by atomic mass is 16.5. The second-order valence-corrected chi connectivity index (χ2v) is 7.18. The van der Waals surface area contributed by atoms with Gasteiger partial charge in [-0.05, 0) is 61.1 Å². The zero-order valence-corrected chi connectivity index (χ0v) is 14.4. The summed E-state index contributed by atoms with van der Waals surface area (Å²) in [6.45, 7) is 1.32. The third kappa shape index (κ3) is 2.86. The first kappa shape index (κ1) is 16.7. The second-order valence-electron chi connectivity index (χ2n) is 7.18. The van der Waals surface area contributed by atoms with Crippen LogP contribution < -0.4 is 5.48 Å². The van der Waals surface area contributed by atoms with E-state index in [-0.39, 0.29) is 11.3 Å². The minimum atomic E-state index is -0.508. The molecule has 1 atom stereocenters. The fourth-order valence-electron chi connectivity index (χ4n) is 4.19. The van der Waals surface area contributed by atoms with Gasteiger partial charge in [0.05, 0.1) is 17.7 Å². The summed E-state index contributed by atoms with van der Waals surface area (Å²) in [5, 5.41) is 8.79. The highest BCUT2D eigenvalue weighted by molar-refractivity contribution is 5.93. The monoisotopic (exact) mass is 351 g/mol. The second kappa shape index (κ2) is 6.53. The Morgan fingerprint density at radius 2 is 2.12 bits per heavy atom. The molecule has 1 fully saturated rings. The lowest BCUT2D eigenvalue weighted by Gasteiger charge is -2.33. The van der Waals surface area contributed by atoms with Crippen LogP contribution in [-0.2, 0) is 24.2 Å². The van der Waals surface area contributed by atoms with Gasteiger partial charge in [0.15, 0.2) is 0 Å². The minimum Gasteiger partial charge on any atom is -0.336 e. The predicted molar refractivity (Wildman–Crippen MR) is 94.4 cm³/mol. The number of likely N-dealkylation sites (tertiary alicyclic amines) is 1. The molecule has 0 radical (unpaired) electrons. The standard InChI is InChI=1S/C20H21N3O3/c24-18(22-26)15-4-5-16-12-20(7-6-14(16)11-15)8-10-23(19(20)25)13-17-3-1-2-9-21-17/h1-5,9,11,26H,6-8,10,12-13H2,(H,22,24)/t20-/m0/s1. The average molecular weight is 351 g/mol. The number of aromatic nitrogens is 1. The van der Waals surface area contributed by atoms with Crippen LogP contribution in [0.4, 0.5) is 0 Å². The van der Waals surface area contributed by atoms with Gasteiger partial charge in [0.2, 0.25) is 5.91 Å². The van der Waals surface area contributed by atoms with E-state index in [9.17, 15) is 9.59 Å². The van der Waals surface area contributed by atoms with Crippen LogP contribution in [0.3, 0.4) is 0 Å². The lowest BCUT2D eigenvalue weighted by molar-refractivity contribution is -0.137. The van der Waals surface area contributed by atoms with Gasteiger partial charge < -0.3 is 4.90 Å². The minimum absolute atomic E-state index is 0.214. The van der Waals surface area contributed by atoms with Crippen molar-refractivity contribution in [2.24, 2.45) is 5.41 Å². The van der Waals surface area contributed by atoms with Gasteiger partial charge in [-0.15, -0.1) is 0 Å². The molecule has 0 unspecified atom stereocenters. The van der Waals surface area contributed by atoms with Gasteiger partial charge in [-0.1, -0.05) is 12.1 Å². The number of nitrogens with one attached hydrogen (secondary N) is 1. The number of amides is 2. The van der Waals surface area contributed by atoms with E-state index in [1.807, 2.05) is 35.2 Å². The summed E-state index contributed by atoms with van der Waals surface area (Å²) in [6.07, 6.45) is 4.88. The maximum Gasteiger partial charge on any atom is 0.274 e. The molecule has 1 aliphatic heterocycles. The summed E-state index contributed by atoms with van der Waals surface area (Å²) >= 11 is 0. The largest absolute Gasteiger partial charge is 0.336 e. The summed E-state index contributed by atoms with van der Waals surface area (Å²) in [4.78, 5) is 31.0. The third-order valence-corrected chi connectivity index (χ3v) is 5.65. The average Bonchev–Trinajstić information content (AvgIpc) is 2.97. The Balaban J connectivity index is 1.52. The first-order valence-electron chi connectivity index (χ1n) is 8.87. The summed E-state index contributed by atoms with van der Waals surface area (Å²) in [7, 11) is 0. The number of pyridine rings is 1. The number of hydrogen-bond donors (Lipinski definition) is 2. The van der Waals surface area contributed by atoms with E-state index in [4.69, 9.17) is 5.21 Å². The summed E-state index contributed by atoms with van der Waals surface area (Å²) in [5.74, 6) is -0.294. The Morgan fingerprint density at radius 1 is 1.23 bits per heavy atom. The van der Waals surface area contributed by atoms with Crippen molar-refractivity contribution in [2.45, 2.75) is 32.2 Å². The maximum atomic E-state index is 13.1. The van der Waals surface area contributed by atoms with E-state index in [2.05, 4.69) is 4.98 Å². The highest BCUT2D eigenvalue weighted by Crippen LogP contribution is 2.44. The van der Waals surface area contributed by atoms with Crippen LogP contribution in [0.1, 0.15) is 40.0 Å². The molecule has 26 heavy (non-hydrogen) atoms. The molecule has 2 heterocycles. The molecular formula is C20H21N3O3. The number of rotatable bonds is 3. The molecule has 1 aliphatic carbocycles. The summed E-state index contributed by atoms with van der Waals surface area (Å²) in [6, 6.07) is 11.2. The van der Waals surface area contributed by atoms with Gasteiger partial charge in [0.1, 0.15) is 0 Å². The van der Waals surface area contributed by atoms with Crippen LogP contribution in [0.15, 0.2) is 42.6 Å². The van der Waals surface area contributed by atoms with Crippen molar-refractivity contribution in [1.82, 2.24) is 15.4 Å². The summed E-state index contributed by atoms with van der Waals surface area (Å²) < 4.78 is 0. The van der Waals surface area contributed by atoms with E-state index in [0.717, 1.165) is 42.6 Å². The van der Waals surface area contributed by atoms with Crippen molar-refractivity contribution in [3.05, 3.63) is 65.0 Å². The maximum absolute atomic E-state index is 13.1. The molecular weight excluding hydrogens is 330 g/mol. The molecule has 1 spiro atoms. The first-order chi connectivity index (χ1) is 12.6. The number of benzene rings is 1. The molecule has 6 heteroatoms. The smallest absolute Gasteiger partial charge is 0.274 e. The Bertz CT molecular complexity index is 853. The number of carbonyl (C=O) groups is 2. The van der Waals surface area contributed by atoms with Crippen molar-refractivity contribution < 1.29 is 14.8 Å². The third-order valence-electron chi connectivity index (χ3n) is 5.65. The van der Waals surface area contributed by atoms with Gasteiger partial charge in [0, 0.05) is 18.3 Å². The van der Waals surface area contributed by atoms with Crippen LogP contribution in [0.2, 0.25) is 0 Å². The van der Waals surface area contributed by atoms with Crippen molar-refractivity contribution in [3.8, 4) is 0 Å². The predicted octanol–water partition coefficient (Wildman–Crippen LogP) is 2.11. The van der Waals surface area contributed by atoms with Crippen LogP contribution in [0, 0.1) is 5.41 Å². The van der Waals surface area contributed by atoms with Crippen molar-refractivity contribution in [3.63, 3.8) is 0 Å². The Labute approximate surface area is 151 Å². The highest BCUT2D eigenvalue weighted by Gasteiger charge is 2.48. The van der Waals surface area contributed by atoms with Crippen molar-refractivity contribution in [2.75, 3.05) is 6.54 Å². The molecule has 2 aromatic rings. The zero-order chi connectivity index (χ0) is 18.1. The number of fused-ring (bicyclic) bond motifs is 1. The van der Waals surface area contributed by atoms with Crippen molar-refractivity contribution in [1.29, 1.82) is 0 Å². The zero-order valence-electron chi connectivity index (χ0n) is 14.4. The molecule has 1 saturated heterocycles. The molecule has 2 amide bonds. The topological polar surface area (TPSA) is 82.5 Å². The summed E-state index contributed by atoms with van der Waals surface area (Å²) in [5.41, 5.74) is 4.90. The van der Waals surface area contributed by atoms with Gasteiger partial charge >= 0.3 is 0 Å². The molecule has 0 saturated carbocycles. The number of hydrogen-bond acceptors (Lipinski definition) is 4. The van der Waals surface area contributed by atoms with Gasteiger partial charge in [-0.3, -0.25) is 19.8 Å². The van der Waals surface area contributed by atoms with Gasteiger partial charge in [0.25, 0.3) is 5.91 Å². The van der Waals surface area contributed by atoms with Gasteiger partial charge in [-0.2, -0.15) is 0 Å². The van der Waals surface area contributed by atoms with Crippen LogP contribution in [0.25, 0.3) is 0 Å². The number of carbonyl (C=O) groups excluding carboxylic acids is 2. The van der Waals surface area contributed by atoms with Crippen LogP contribution in [0.5, 0.6) is 0 Å². The van der Waals surface area contributed by atoms with Gasteiger partial charge in [-0.25, -0.2) is 5.48 Å². The fraction of sp³-hybridized carbons (Fsp3) is 0.350. The van der Waals surface area contributed by atoms with E-state index in [1.165, 1.54) is 0 Å². The molecule has 6 nitrogen and oxygen atoms in total. The SMILES string of the molecule is O=C(NO)c1ccc2c(c1)CC[C@]1(CCN(Cc3ccccn3)C1=O)C2. The molecule has 2 N–H and O–H groups in total. The van der Waals surface area contributed by atoms with E-state index in [1.54, 1.807) is 17.7 Å². The van der Waals surface area contributed by atoms with E-state index >= 15 is 0 Å². The Hall–Kier alpha value is -2.73. The normalized spacial score (nSPS) is 21.7. The van der Waals surface area contributed by atoms with Crippen molar-refractivity contribution >= 4 is 11.8 Å². The molecule has 1 aromatic carbocycles. The van der Waals surface area contributed by atoms with Crippen LogP contribution in [-0.4, -0.2) is 33.5 Å². The first-order valence-corrected chi connectivity index (χ1v) is 8.87. The number of hydroxylamine groups is 1. The lowest BCUT2D eigenvalue weighted by atomic mass is 9.70. The molecule has 4 rings (SSSR count). The molecule has 2 aliphatic rings. The quantitative estimate of drug-likeness (QED) is 0.655. The Morgan fingerprint density at radius 3 is 2.88 bits per heavy atom. The fourth-order valence-corrected chi connectivity index (χ4v) is 4.19. The number of aryl methyl sites for hydroxylation is 1.